The van der Waals surface area contributed by atoms with Crippen molar-refractivity contribution in [3.05, 3.63) is 11.6 Å². The maximum Gasteiger partial charge on any atom is 0.323 e. The number of carbonyl (C=O) groups excluding carboxylic acids is 2. The summed E-state index contributed by atoms with van der Waals surface area (Å²) >= 11 is 5.64. The lowest BCUT2D eigenvalue weighted by Crippen LogP contribution is -2.39. The fourth-order valence-corrected chi connectivity index (χ4v) is 1.46. The molecule has 16 heavy (non-hydrogen) atoms. The number of ether oxygens (including phenoxy) is 2. The number of rotatable bonds is 6. The van der Waals surface area contributed by atoms with Gasteiger partial charge in [0.1, 0.15) is 0 Å². The molecule has 0 aromatic rings. The first-order valence-electron chi connectivity index (χ1n) is 5.06. The minimum Gasteiger partial charge on any atom is -0.465 e. The molecular weight excluding hydrogens is 232 g/mol. The van der Waals surface area contributed by atoms with Gasteiger partial charge in [-0.3, -0.25) is 9.59 Å². The van der Waals surface area contributed by atoms with Gasteiger partial charge in [-0.25, -0.2) is 0 Å². The molecule has 0 rings (SSSR count). The summed E-state index contributed by atoms with van der Waals surface area (Å²) in [5.74, 6) is -1.29. The van der Waals surface area contributed by atoms with E-state index in [9.17, 15) is 9.59 Å². The van der Waals surface area contributed by atoms with Crippen LogP contribution >= 0.6 is 11.6 Å². The molecule has 0 heterocycles. The SMILES string of the molecule is C=C(Cl)CC(C)(C(=O)OCC)C(=O)OCC. The monoisotopic (exact) mass is 248 g/mol. The fraction of sp³-hybridized carbons (Fsp3) is 0.636. The first kappa shape index (κ1) is 15.0. The lowest BCUT2D eigenvalue weighted by Gasteiger charge is -2.24. The van der Waals surface area contributed by atoms with E-state index in [1.165, 1.54) is 6.92 Å². The fourth-order valence-electron chi connectivity index (χ4n) is 1.19. The molecule has 0 atom stereocenters. The highest BCUT2D eigenvalue weighted by molar-refractivity contribution is 6.29. The van der Waals surface area contributed by atoms with Crippen LogP contribution in [0.2, 0.25) is 0 Å². The molecule has 0 aliphatic rings. The van der Waals surface area contributed by atoms with Crippen molar-refractivity contribution in [2.75, 3.05) is 13.2 Å². The van der Waals surface area contributed by atoms with Crippen LogP contribution in [0.3, 0.4) is 0 Å². The van der Waals surface area contributed by atoms with Gasteiger partial charge in [-0.1, -0.05) is 18.2 Å². The molecule has 0 amide bonds. The molecule has 0 spiro atoms. The third-order valence-electron chi connectivity index (χ3n) is 2.00. The van der Waals surface area contributed by atoms with Crippen LogP contribution in [-0.2, 0) is 19.1 Å². The summed E-state index contributed by atoms with van der Waals surface area (Å²) in [6, 6.07) is 0. The minimum atomic E-state index is -1.41. The third kappa shape index (κ3) is 3.85. The van der Waals surface area contributed by atoms with Crippen LogP contribution < -0.4 is 0 Å². The Kier molecular flexibility index (Phi) is 6.11. The van der Waals surface area contributed by atoms with Gasteiger partial charge in [-0.05, 0) is 20.8 Å². The zero-order chi connectivity index (χ0) is 12.8. The lowest BCUT2D eigenvalue weighted by atomic mass is 9.87. The van der Waals surface area contributed by atoms with Gasteiger partial charge in [0.15, 0.2) is 5.41 Å². The lowest BCUT2D eigenvalue weighted by molar-refractivity contribution is -0.170. The van der Waals surface area contributed by atoms with Crippen molar-refractivity contribution in [3.63, 3.8) is 0 Å². The van der Waals surface area contributed by atoms with E-state index in [1.54, 1.807) is 13.8 Å². The molecule has 0 aliphatic heterocycles. The number of hydrogen-bond donors (Lipinski definition) is 0. The maximum absolute atomic E-state index is 11.7. The molecule has 0 saturated carbocycles. The van der Waals surface area contributed by atoms with E-state index in [2.05, 4.69) is 6.58 Å². The van der Waals surface area contributed by atoms with Gasteiger partial charge in [0, 0.05) is 11.5 Å². The molecule has 0 fully saturated rings. The Hall–Kier alpha value is -1.03. The average Bonchev–Trinajstić information content (AvgIpc) is 2.17. The minimum absolute atomic E-state index is 0.00617. The van der Waals surface area contributed by atoms with E-state index in [1.807, 2.05) is 0 Å². The van der Waals surface area contributed by atoms with Gasteiger partial charge in [0.05, 0.1) is 13.2 Å². The van der Waals surface area contributed by atoms with Crippen LogP contribution in [-0.4, -0.2) is 25.2 Å². The number of carbonyl (C=O) groups is 2. The van der Waals surface area contributed by atoms with Gasteiger partial charge in [0.25, 0.3) is 0 Å². The summed E-state index contributed by atoms with van der Waals surface area (Å²) in [7, 11) is 0. The standard InChI is InChI=1S/C11H17ClO4/c1-5-15-9(13)11(4,7-8(3)12)10(14)16-6-2/h3,5-7H2,1-2,4H3. The van der Waals surface area contributed by atoms with Crippen molar-refractivity contribution in [1.82, 2.24) is 0 Å². The van der Waals surface area contributed by atoms with Crippen LogP contribution in [0.1, 0.15) is 27.2 Å². The molecule has 0 aromatic heterocycles. The molecule has 0 aliphatic carbocycles. The molecule has 92 valence electrons. The number of halogens is 1. The Morgan fingerprint density at radius 1 is 1.19 bits per heavy atom. The van der Waals surface area contributed by atoms with Crippen LogP contribution in [0.15, 0.2) is 11.6 Å². The van der Waals surface area contributed by atoms with E-state index in [-0.39, 0.29) is 24.7 Å². The second-order valence-electron chi connectivity index (χ2n) is 3.47. The van der Waals surface area contributed by atoms with Crippen molar-refractivity contribution in [1.29, 1.82) is 0 Å². The van der Waals surface area contributed by atoms with Crippen molar-refractivity contribution in [2.24, 2.45) is 5.41 Å². The molecule has 0 saturated heterocycles. The number of hydrogen-bond acceptors (Lipinski definition) is 4. The molecular formula is C11H17ClO4. The Balaban J connectivity index is 4.93. The zero-order valence-electron chi connectivity index (χ0n) is 9.84. The quantitative estimate of drug-likeness (QED) is 0.534. The van der Waals surface area contributed by atoms with E-state index >= 15 is 0 Å². The van der Waals surface area contributed by atoms with Crippen molar-refractivity contribution >= 4 is 23.5 Å². The van der Waals surface area contributed by atoms with E-state index in [0.29, 0.717) is 0 Å². The average molecular weight is 249 g/mol. The summed E-state index contributed by atoms with van der Waals surface area (Å²) in [6.07, 6.45) is 0.00617. The largest absolute Gasteiger partial charge is 0.465 e. The van der Waals surface area contributed by atoms with Gasteiger partial charge in [-0.2, -0.15) is 0 Å². The summed E-state index contributed by atoms with van der Waals surface area (Å²) < 4.78 is 9.67. The van der Waals surface area contributed by atoms with Gasteiger partial charge >= 0.3 is 11.9 Å². The Labute approximate surface area is 101 Å². The normalized spacial score (nSPS) is 10.8. The molecule has 0 unspecified atom stereocenters. The van der Waals surface area contributed by atoms with Crippen LogP contribution in [0.4, 0.5) is 0 Å². The molecule has 0 aromatic carbocycles. The van der Waals surface area contributed by atoms with E-state index < -0.39 is 17.4 Å². The predicted octanol–water partition coefficient (Wildman–Crippen LogP) is 2.26. The Morgan fingerprint density at radius 3 is 1.81 bits per heavy atom. The van der Waals surface area contributed by atoms with Crippen LogP contribution in [0.5, 0.6) is 0 Å². The second-order valence-corrected chi connectivity index (χ2v) is 4.00. The van der Waals surface area contributed by atoms with Gasteiger partial charge in [0.2, 0.25) is 0 Å². The second kappa shape index (κ2) is 6.53. The predicted molar refractivity (Wildman–Crippen MR) is 61.0 cm³/mol. The highest BCUT2D eigenvalue weighted by Gasteiger charge is 2.44. The van der Waals surface area contributed by atoms with Crippen LogP contribution in [0, 0.1) is 5.41 Å². The molecule has 5 heteroatoms. The summed E-state index contributed by atoms with van der Waals surface area (Å²) in [6.45, 7) is 8.64. The van der Waals surface area contributed by atoms with Gasteiger partial charge < -0.3 is 9.47 Å². The number of esters is 2. The topological polar surface area (TPSA) is 52.6 Å². The summed E-state index contributed by atoms with van der Waals surface area (Å²) in [5.41, 5.74) is -1.41. The highest BCUT2D eigenvalue weighted by Crippen LogP contribution is 2.30. The van der Waals surface area contributed by atoms with E-state index in [4.69, 9.17) is 21.1 Å². The molecule has 0 bridgehead atoms. The smallest absolute Gasteiger partial charge is 0.323 e. The van der Waals surface area contributed by atoms with Gasteiger partial charge in [-0.15, -0.1) is 0 Å². The summed E-state index contributed by atoms with van der Waals surface area (Å²) in [5, 5.41) is 0.212. The Bertz CT molecular complexity index is 268. The first-order valence-corrected chi connectivity index (χ1v) is 5.44. The highest BCUT2D eigenvalue weighted by atomic mass is 35.5. The number of allylic oxidation sites excluding steroid dienone is 1. The van der Waals surface area contributed by atoms with E-state index in [0.717, 1.165) is 0 Å². The molecule has 0 N–H and O–H groups in total. The molecule has 4 nitrogen and oxygen atoms in total. The van der Waals surface area contributed by atoms with Crippen LogP contribution in [0.25, 0.3) is 0 Å². The van der Waals surface area contributed by atoms with Crippen molar-refractivity contribution < 1.29 is 19.1 Å². The Morgan fingerprint density at radius 2 is 1.56 bits per heavy atom. The zero-order valence-corrected chi connectivity index (χ0v) is 10.6. The maximum atomic E-state index is 11.7. The first-order chi connectivity index (χ1) is 7.38. The molecule has 0 radical (unpaired) electrons. The van der Waals surface area contributed by atoms with Crippen molar-refractivity contribution in [3.8, 4) is 0 Å². The third-order valence-corrected chi connectivity index (χ3v) is 2.13. The summed E-state index contributed by atoms with van der Waals surface area (Å²) in [4.78, 5) is 23.4. The van der Waals surface area contributed by atoms with Crippen molar-refractivity contribution in [2.45, 2.75) is 27.2 Å².